The molecule has 1 aliphatic carbocycles. The minimum atomic E-state index is 0.356. The van der Waals surface area contributed by atoms with Gasteiger partial charge in [0, 0.05) is 45.2 Å². The van der Waals surface area contributed by atoms with E-state index in [2.05, 4.69) is 9.80 Å². The minimum absolute atomic E-state index is 0.356. The van der Waals surface area contributed by atoms with Crippen molar-refractivity contribution in [1.29, 1.82) is 0 Å². The first-order valence-electron chi connectivity index (χ1n) is 7.45. The van der Waals surface area contributed by atoms with Crippen LogP contribution in [0.25, 0.3) is 0 Å². The van der Waals surface area contributed by atoms with Crippen LogP contribution in [0.1, 0.15) is 32.1 Å². The number of nitrogens with zero attached hydrogens (tertiary/aromatic N) is 2. The first-order chi connectivity index (χ1) is 8.83. The number of carbonyl (C=O) groups excluding carboxylic acids is 1. The predicted molar refractivity (Wildman–Crippen MR) is 69.3 cm³/mol. The molecular formula is C14H24N2O2. The number of hydrogen-bond donors (Lipinski definition) is 0. The van der Waals surface area contributed by atoms with Gasteiger partial charge in [-0.15, -0.1) is 0 Å². The van der Waals surface area contributed by atoms with Gasteiger partial charge in [-0.25, -0.2) is 0 Å². The lowest BCUT2D eigenvalue weighted by Crippen LogP contribution is -2.52. The monoisotopic (exact) mass is 252 g/mol. The van der Waals surface area contributed by atoms with E-state index in [-0.39, 0.29) is 0 Å². The zero-order valence-corrected chi connectivity index (χ0v) is 11.1. The molecule has 0 aromatic carbocycles. The summed E-state index contributed by atoms with van der Waals surface area (Å²) < 4.78 is 5.67. The molecule has 1 amide bonds. The summed E-state index contributed by atoms with van der Waals surface area (Å²) in [6.07, 6.45) is 6.35. The molecule has 0 bridgehead atoms. The Balaban J connectivity index is 1.41. The van der Waals surface area contributed by atoms with E-state index in [1.54, 1.807) is 0 Å². The van der Waals surface area contributed by atoms with Crippen molar-refractivity contribution < 1.29 is 9.53 Å². The van der Waals surface area contributed by atoms with Crippen LogP contribution in [0.2, 0.25) is 0 Å². The van der Waals surface area contributed by atoms with E-state index in [0.717, 1.165) is 52.2 Å². The van der Waals surface area contributed by atoms with Crippen LogP contribution in [0.15, 0.2) is 0 Å². The zero-order valence-electron chi connectivity index (χ0n) is 11.1. The summed E-state index contributed by atoms with van der Waals surface area (Å²) in [6.45, 7) is 5.89. The fraction of sp³-hybridized carbons (Fsp3) is 0.929. The second-order valence-electron chi connectivity index (χ2n) is 5.89. The fourth-order valence-corrected chi connectivity index (χ4v) is 3.14. The highest BCUT2D eigenvalue weighted by Gasteiger charge is 2.31. The number of amides is 1. The van der Waals surface area contributed by atoms with E-state index < -0.39 is 0 Å². The van der Waals surface area contributed by atoms with Gasteiger partial charge in [0.2, 0.25) is 5.91 Å². The summed E-state index contributed by atoms with van der Waals surface area (Å²) in [7, 11) is 0. The molecule has 2 aliphatic heterocycles. The van der Waals surface area contributed by atoms with Crippen LogP contribution in [0.4, 0.5) is 0 Å². The maximum absolute atomic E-state index is 12.1. The molecule has 4 nitrogen and oxygen atoms in total. The van der Waals surface area contributed by atoms with Gasteiger partial charge in [-0.05, 0) is 25.7 Å². The van der Waals surface area contributed by atoms with Crippen molar-refractivity contribution in [3.05, 3.63) is 0 Å². The summed E-state index contributed by atoms with van der Waals surface area (Å²) in [5, 5.41) is 0. The van der Waals surface area contributed by atoms with Crippen LogP contribution in [-0.2, 0) is 9.53 Å². The van der Waals surface area contributed by atoms with Crippen molar-refractivity contribution in [2.75, 3.05) is 39.3 Å². The quantitative estimate of drug-likeness (QED) is 0.754. The van der Waals surface area contributed by atoms with E-state index in [9.17, 15) is 4.79 Å². The third-order valence-corrected chi connectivity index (χ3v) is 4.62. The van der Waals surface area contributed by atoms with Crippen molar-refractivity contribution in [3.63, 3.8) is 0 Å². The second-order valence-corrected chi connectivity index (χ2v) is 5.89. The Kier molecular flexibility index (Phi) is 3.85. The molecule has 18 heavy (non-hydrogen) atoms. The Hall–Kier alpha value is -0.610. The van der Waals surface area contributed by atoms with Crippen LogP contribution in [0.3, 0.4) is 0 Å². The molecule has 4 heteroatoms. The highest BCUT2D eigenvalue weighted by Crippen LogP contribution is 2.28. The molecule has 0 N–H and O–H groups in total. The summed E-state index contributed by atoms with van der Waals surface area (Å²) >= 11 is 0. The molecule has 0 spiro atoms. The van der Waals surface area contributed by atoms with Gasteiger partial charge in [-0.1, -0.05) is 6.42 Å². The average molecular weight is 252 g/mol. The molecule has 3 fully saturated rings. The van der Waals surface area contributed by atoms with Gasteiger partial charge in [0.05, 0.1) is 6.10 Å². The Bertz CT molecular complexity index is 290. The van der Waals surface area contributed by atoms with E-state index in [4.69, 9.17) is 4.74 Å². The number of hydrogen-bond acceptors (Lipinski definition) is 3. The molecule has 0 radical (unpaired) electrons. The van der Waals surface area contributed by atoms with E-state index in [1.807, 2.05) is 0 Å². The highest BCUT2D eigenvalue weighted by molar-refractivity contribution is 5.79. The van der Waals surface area contributed by atoms with Crippen molar-refractivity contribution in [1.82, 2.24) is 9.80 Å². The van der Waals surface area contributed by atoms with Crippen molar-refractivity contribution in [2.24, 2.45) is 5.92 Å². The fourth-order valence-electron chi connectivity index (χ4n) is 3.14. The molecule has 0 aromatic heterocycles. The normalized spacial score (nSPS) is 30.4. The lowest BCUT2D eigenvalue weighted by molar-refractivity contribution is -0.140. The van der Waals surface area contributed by atoms with Crippen molar-refractivity contribution in [2.45, 2.75) is 38.2 Å². The predicted octanol–water partition coefficient (Wildman–Crippen LogP) is 1.11. The van der Waals surface area contributed by atoms with E-state index >= 15 is 0 Å². The maximum atomic E-state index is 12.1. The Morgan fingerprint density at radius 3 is 2.39 bits per heavy atom. The third kappa shape index (κ3) is 2.69. The van der Waals surface area contributed by atoms with Crippen LogP contribution >= 0.6 is 0 Å². The summed E-state index contributed by atoms with van der Waals surface area (Å²) in [4.78, 5) is 16.7. The molecule has 0 unspecified atom stereocenters. The molecule has 0 aromatic rings. The highest BCUT2D eigenvalue weighted by atomic mass is 16.5. The van der Waals surface area contributed by atoms with Crippen LogP contribution in [0.5, 0.6) is 0 Å². The average Bonchev–Trinajstić information content (AvgIpc) is 2.80. The van der Waals surface area contributed by atoms with Gasteiger partial charge in [0.1, 0.15) is 0 Å². The lowest BCUT2D eigenvalue weighted by Gasteiger charge is -2.38. The molecule has 2 heterocycles. The largest absolute Gasteiger partial charge is 0.377 e. The molecule has 102 valence electrons. The standard InChI is InChI=1S/C14H24N2O2/c17-14(12-3-1-4-12)16-8-6-15(7-9-16)11-13-5-2-10-18-13/h12-13H,1-11H2/t13-/m1/s1. The molecule has 2 saturated heterocycles. The first-order valence-corrected chi connectivity index (χ1v) is 7.45. The lowest BCUT2D eigenvalue weighted by atomic mass is 9.84. The number of piperazine rings is 1. The number of rotatable bonds is 3. The molecule has 1 saturated carbocycles. The summed E-state index contributed by atoms with van der Waals surface area (Å²) in [5.41, 5.74) is 0. The number of carbonyl (C=O) groups is 1. The SMILES string of the molecule is O=C(C1CCC1)N1CCN(C[C@H]2CCCO2)CC1. The second kappa shape index (κ2) is 5.57. The van der Waals surface area contributed by atoms with E-state index in [1.165, 1.54) is 19.3 Å². The Morgan fingerprint density at radius 2 is 1.83 bits per heavy atom. The van der Waals surface area contributed by atoms with E-state index in [0.29, 0.717) is 17.9 Å². The molecule has 1 atom stereocenters. The Labute approximate surface area is 109 Å². The summed E-state index contributed by atoms with van der Waals surface area (Å²) in [5.74, 6) is 0.771. The van der Waals surface area contributed by atoms with Gasteiger partial charge in [0.15, 0.2) is 0 Å². The van der Waals surface area contributed by atoms with Gasteiger partial charge in [-0.3, -0.25) is 9.69 Å². The smallest absolute Gasteiger partial charge is 0.225 e. The first kappa shape index (κ1) is 12.4. The van der Waals surface area contributed by atoms with Crippen molar-refractivity contribution >= 4 is 5.91 Å². The van der Waals surface area contributed by atoms with Gasteiger partial charge in [0.25, 0.3) is 0 Å². The molecule has 3 rings (SSSR count). The zero-order chi connectivity index (χ0) is 12.4. The summed E-state index contributed by atoms with van der Waals surface area (Å²) in [6, 6.07) is 0. The van der Waals surface area contributed by atoms with Crippen LogP contribution in [0, 0.1) is 5.92 Å². The molecule has 3 aliphatic rings. The van der Waals surface area contributed by atoms with Crippen molar-refractivity contribution in [3.8, 4) is 0 Å². The maximum Gasteiger partial charge on any atom is 0.225 e. The van der Waals surface area contributed by atoms with Gasteiger partial charge in [-0.2, -0.15) is 0 Å². The topological polar surface area (TPSA) is 32.8 Å². The molecular weight excluding hydrogens is 228 g/mol. The van der Waals surface area contributed by atoms with Crippen LogP contribution in [-0.4, -0.2) is 61.1 Å². The minimum Gasteiger partial charge on any atom is -0.377 e. The number of ether oxygens (including phenoxy) is 1. The third-order valence-electron chi connectivity index (χ3n) is 4.62. The van der Waals surface area contributed by atoms with Gasteiger partial charge >= 0.3 is 0 Å². The Morgan fingerprint density at radius 1 is 1.06 bits per heavy atom. The van der Waals surface area contributed by atoms with Crippen LogP contribution < -0.4 is 0 Å². The van der Waals surface area contributed by atoms with Gasteiger partial charge < -0.3 is 9.64 Å².